The maximum Gasteiger partial charge on any atom is 0.410 e. The Bertz CT molecular complexity index is 917. The summed E-state index contributed by atoms with van der Waals surface area (Å²) in [6, 6.07) is 3.15. The monoisotopic (exact) mass is 469 g/mol. The normalized spacial score (nSPS) is 18.3. The smallest absolute Gasteiger partial charge is 0.410 e. The summed E-state index contributed by atoms with van der Waals surface area (Å²) < 4.78 is 37.0. The molecular formula is C21H29F2N5O3S. The van der Waals surface area contributed by atoms with Gasteiger partial charge in [-0.15, -0.1) is 0 Å². The van der Waals surface area contributed by atoms with Gasteiger partial charge in [-0.3, -0.25) is 0 Å². The van der Waals surface area contributed by atoms with Crippen molar-refractivity contribution >= 4 is 18.0 Å². The van der Waals surface area contributed by atoms with Crippen LogP contribution in [0.25, 0.3) is 0 Å². The molecule has 1 amide bonds. The van der Waals surface area contributed by atoms with Gasteiger partial charge < -0.3 is 14.7 Å². The first-order chi connectivity index (χ1) is 15.0. The van der Waals surface area contributed by atoms with E-state index < -0.39 is 28.1 Å². The van der Waals surface area contributed by atoms with Gasteiger partial charge in [-0.1, -0.05) is 18.0 Å². The third-order valence-electron chi connectivity index (χ3n) is 5.14. The van der Waals surface area contributed by atoms with Crippen LogP contribution < -0.4 is 0 Å². The maximum absolute atomic E-state index is 14.7. The molecule has 0 bridgehead atoms. The number of aliphatic hydroxyl groups is 1. The number of carbonyl (C=O) groups is 1. The fraction of sp³-hybridized carbons (Fsp3) is 0.571. The molecule has 2 heterocycles. The largest absolute Gasteiger partial charge is 0.444 e. The first kappa shape index (κ1) is 24.4. The molecule has 176 valence electrons. The second-order valence-corrected chi connectivity index (χ2v) is 10.2. The Balaban J connectivity index is 1.71. The molecule has 0 aliphatic carbocycles. The predicted molar refractivity (Wildman–Crippen MR) is 117 cm³/mol. The molecule has 1 aliphatic heterocycles. The van der Waals surface area contributed by atoms with Gasteiger partial charge in [0, 0.05) is 37.8 Å². The van der Waals surface area contributed by atoms with Crippen LogP contribution in [0.2, 0.25) is 0 Å². The number of benzene rings is 1. The number of hydrogen-bond acceptors (Lipinski definition) is 7. The van der Waals surface area contributed by atoms with Gasteiger partial charge in [0.2, 0.25) is 0 Å². The number of amides is 1. The van der Waals surface area contributed by atoms with Crippen molar-refractivity contribution in [1.82, 2.24) is 24.0 Å². The molecule has 0 radical (unpaired) electrons. The molecule has 8 nitrogen and oxygen atoms in total. The Morgan fingerprint density at radius 1 is 1.25 bits per heavy atom. The van der Waals surface area contributed by atoms with Gasteiger partial charge in [-0.2, -0.15) is 5.10 Å². The van der Waals surface area contributed by atoms with Crippen LogP contribution in [-0.2, 0) is 16.9 Å². The highest BCUT2D eigenvalue weighted by Gasteiger charge is 2.41. The lowest BCUT2D eigenvalue weighted by Crippen LogP contribution is -2.49. The van der Waals surface area contributed by atoms with Crippen molar-refractivity contribution in [3.63, 3.8) is 0 Å². The molecule has 1 aromatic heterocycles. The molecule has 1 saturated heterocycles. The number of aromatic nitrogens is 3. The van der Waals surface area contributed by atoms with Gasteiger partial charge >= 0.3 is 6.09 Å². The van der Waals surface area contributed by atoms with Crippen LogP contribution in [0, 0.1) is 11.6 Å². The second-order valence-electron chi connectivity index (χ2n) is 8.79. The summed E-state index contributed by atoms with van der Waals surface area (Å²) in [7, 11) is 0. The van der Waals surface area contributed by atoms with Gasteiger partial charge in [-0.25, -0.2) is 27.5 Å². The van der Waals surface area contributed by atoms with E-state index in [1.165, 1.54) is 35.4 Å². The topological polar surface area (TPSA) is 83.7 Å². The van der Waals surface area contributed by atoms with Crippen molar-refractivity contribution < 1.29 is 23.4 Å². The fourth-order valence-electron chi connectivity index (χ4n) is 3.45. The molecule has 2 aromatic rings. The molecular weight excluding hydrogens is 440 g/mol. The second kappa shape index (κ2) is 9.72. The highest BCUT2D eigenvalue weighted by atomic mass is 32.2. The summed E-state index contributed by atoms with van der Waals surface area (Å²) in [6.45, 7) is 9.25. The van der Waals surface area contributed by atoms with E-state index >= 15 is 0 Å². The highest BCUT2D eigenvalue weighted by Crippen LogP contribution is 2.37. The molecule has 1 fully saturated rings. The summed E-state index contributed by atoms with van der Waals surface area (Å²) in [5.41, 5.74) is -2.26. The van der Waals surface area contributed by atoms with Crippen molar-refractivity contribution in [3.05, 3.63) is 48.1 Å². The molecule has 1 aliphatic rings. The van der Waals surface area contributed by atoms with Gasteiger partial charge in [0.05, 0.1) is 11.8 Å². The van der Waals surface area contributed by atoms with E-state index in [0.717, 1.165) is 12.1 Å². The van der Waals surface area contributed by atoms with Gasteiger partial charge in [0.25, 0.3) is 0 Å². The zero-order valence-corrected chi connectivity index (χ0v) is 19.5. The van der Waals surface area contributed by atoms with Crippen LogP contribution in [0.15, 0.2) is 30.9 Å². The minimum Gasteiger partial charge on any atom is -0.444 e. The van der Waals surface area contributed by atoms with Crippen LogP contribution in [-0.4, -0.2) is 72.2 Å². The van der Waals surface area contributed by atoms with E-state index in [-0.39, 0.29) is 18.2 Å². The summed E-state index contributed by atoms with van der Waals surface area (Å²) in [6.07, 6.45) is 2.41. The van der Waals surface area contributed by atoms with E-state index in [1.807, 2.05) is 25.1 Å². The lowest BCUT2D eigenvalue weighted by molar-refractivity contribution is 0.0107. The number of halogens is 2. The first-order valence-corrected chi connectivity index (χ1v) is 11.2. The molecule has 1 aromatic carbocycles. The summed E-state index contributed by atoms with van der Waals surface area (Å²) in [4.78, 5) is 17.8. The number of piperazine rings is 1. The van der Waals surface area contributed by atoms with Crippen LogP contribution >= 0.6 is 11.9 Å². The first-order valence-electron chi connectivity index (χ1n) is 10.4. The number of rotatable bonds is 6. The van der Waals surface area contributed by atoms with Gasteiger partial charge in [0.15, 0.2) is 0 Å². The zero-order valence-electron chi connectivity index (χ0n) is 18.7. The van der Waals surface area contributed by atoms with Crippen molar-refractivity contribution in [2.24, 2.45) is 0 Å². The van der Waals surface area contributed by atoms with E-state index in [1.54, 1.807) is 11.8 Å². The van der Waals surface area contributed by atoms with E-state index in [2.05, 4.69) is 10.1 Å². The van der Waals surface area contributed by atoms with Crippen LogP contribution in [0.4, 0.5) is 13.6 Å². The Hall–Kier alpha value is -2.24. The van der Waals surface area contributed by atoms with Crippen molar-refractivity contribution in [2.75, 3.05) is 26.2 Å². The van der Waals surface area contributed by atoms with Crippen molar-refractivity contribution in [1.29, 1.82) is 0 Å². The van der Waals surface area contributed by atoms with E-state index in [4.69, 9.17) is 4.74 Å². The average molecular weight is 470 g/mol. The molecule has 3 rings (SSSR count). The number of hydrogen-bond donors (Lipinski definition) is 1. The average Bonchev–Trinajstić information content (AvgIpc) is 3.19. The standard InChI is InChI=1S/C21H29F2N5O3S/c1-15(32-28-9-7-26(8-10-28)19(29)31-20(2,3)4)21(30,12-27-14-24-13-25-27)17-6-5-16(22)11-18(17)23/h5-6,11,13-15,30H,7-10,12H2,1-4H3/t15-,21-/m1/s1. The van der Waals surface area contributed by atoms with Crippen LogP contribution in [0.3, 0.4) is 0 Å². The summed E-state index contributed by atoms with van der Waals surface area (Å²) in [5, 5.41) is 15.1. The Labute approximate surface area is 190 Å². The molecule has 11 heteroatoms. The zero-order chi connectivity index (χ0) is 23.5. The Kier molecular flexibility index (Phi) is 7.41. The predicted octanol–water partition coefficient (Wildman–Crippen LogP) is 3.03. The molecule has 0 saturated carbocycles. The lowest BCUT2D eigenvalue weighted by atomic mass is 9.90. The molecule has 0 unspecified atom stereocenters. The van der Waals surface area contributed by atoms with Crippen molar-refractivity contribution in [2.45, 2.75) is 50.7 Å². The SMILES string of the molecule is C[C@@H](SN1CCN(C(=O)OC(C)(C)C)CC1)[C@](O)(Cn1cncn1)c1ccc(F)cc1F. The summed E-state index contributed by atoms with van der Waals surface area (Å²) in [5.74, 6) is -1.54. The Morgan fingerprint density at radius 2 is 1.94 bits per heavy atom. The molecule has 0 spiro atoms. The molecule has 1 N–H and O–H groups in total. The molecule has 2 atom stereocenters. The lowest BCUT2D eigenvalue weighted by Gasteiger charge is -2.40. The minimum absolute atomic E-state index is 0.0122. The number of ether oxygens (including phenoxy) is 1. The summed E-state index contributed by atoms with van der Waals surface area (Å²) >= 11 is 1.37. The molecule has 32 heavy (non-hydrogen) atoms. The third-order valence-corrected chi connectivity index (χ3v) is 6.51. The van der Waals surface area contributed by atoms with E-state index in [9.17, 15) is 18.7 Å². The Morgan fingerprint density at radius 3 is 2.50 bits per heavy atom. The number of carbonyl (C=O) groups excluding carboxylic acids is 1. The fourth-order valence-corrected chi connectivity index (χ4v) is 4.65. The van der Waals surface area contributed by atoms with Crippen LogP contribution in [0.5, 0.6) is 0 Å². The van der Waals surface area contributed by atoms with Crippen molar-refractivity contribution in [3.8, 4) is 0 Å². The quantitative estimate of drug-likeness (QED) is 0.651. The van der Waals surface area contributed by atoms with Gasteiger partial charge in [0.1, 0.15) is 35.5 Å². The highest BCUT2D eigenvalue weighted by molar-refractivity contribution is 7.97. The maximum atomic E-state index is 14.7. The van der Waals surface area contributed by atoms with E-state index in [0.29, 0.717) is 26.2 Å². The van der Waals surface area contributed by atoms with Crippen LogP contribution in [0.1, 0.15) is 33.3 Å². The minimum atomic E-state index is -1.68. The third kappa shape index (κ3) is 5.96. The van der Waals surface area contributed by atoms with Gasteiger partial charge in [-0.05, 0) is 33.8 Å². The number of nitrogens with zero attached hydrogens (tertiary/aromatic N) is 5.